The Bertz CT molecular complexity index is 426. The molecule has 0 saturated carbocycles. The Balaban J connectivity index is 2.80. The van der Waals surface area contributed by atoms with E-state index >= 15 is 0 Å². The van der Waals surface area contributed by atoms with Crippen LogP contribution in [0.5, 0.6) is 5.75 Å². The molecule has 0 saturated heterocycles. The van der Waals surface area contributed by atoms with Gasteiger partial charge in [-0.05, 0) is 18.2 Å². The van der Waals surface area contributed by atoms with Crippen molar-refractivity contribution in [2.24, 2.45) is 11.8 Å². The number of anilines is 1. The Morgan fingerprint density at radius 2 is 2.11 bits per heavy atom. The molecule has 0 spiro atoms. The number of thioether (sulfide) groups is 1. The number of carbonyl (C=O) groups excluding carboxylic acids is 1. The first-order chi connectivity index (χ1) is 8.49. The molecular formula is C12H19N3O2S. The number of hydrogen-bond donors (Lipinski definition) is 3. The van der Waals surface area contributed by atoms with Gasteiger partial charge in [-0.1, -0.05) is 13.8 Å². The van der Waals surface area contributed by atoms with E-state index in [9.17, 15) is 4.79 Å². The summed E-state index contributed by atoms with van der Waals surface area (Å²) in [5.74, 6) is 5.48. The van der Waals surface area contributed by atoms with Gasteiger partial charge in [0.05, 0.1) is 7.11 Å². The molecule has 0 fully saturated rings. The molecule has 6 heteroatoms. The minimum atomic E-state index is -0.203. The molecule has 0 aliphatic rings. The maximum atomic E-state index is 11.4. The Labute approximate surface area is 111 Å². The third-order valence-corrected chi connectivity index (χ3v) is 4.18. The first kappa shape index (κ1) is 14.7. The summed E-state index contributed by atoms with van der Waals surface area (Å²) in [7, 11) is 1.61. The number of rotatable bonds is 5. The second-order valence-electron chi connectivity index (χ2n) is 4.02. The van der Waals surface area contributed by atoms with Crippen molar-refractivity contribution in [3.63, 3.8) is 0 Å². The Morgan fingerprint density at radius 3 is 2.67 bits per heavy atom. The minimum absolute atomic E-state index is 0.0583. The van der Waals surface area contributed by atoms with Crippen molar-refractivity contribution in [3.8, 4) is 5.75 Å². The molecule has 100 valence electrons. The number of nitrogen functional groups attached to an aromatic ring is 1. The largest absolute Gasteiger partial charge is 0.497 e. The van der Waals surface area contributed by atoms with Crippen LogP contribution in [0.15, 0.2) is 23.1 Å². The van der Waals surface area contributed by atoms with Crippen LogP contribution in [0.2, 0.25) is 0 Å². The predicted molar refractivity (Wildman–Crippen MR) is 74.2 cm³/mol. The molecule has 0 aliphatic carbocycles. The fraction of sp³-hybridized carbons (Fsp3) is 0.417. The van der Waals surface area contributed by atoms with Crippen molar-refractivity contribution in [2.45, 2.75) is 24.0 Å². The molecular weight excluding hydrogens is 250 g/mol. The van der Waals surface area contributed by atoms with Crippen LogP contribution in [0, 0.1) is 5.92 Å². The highest BCUT2D eigenvalue weighted by Gasteiger charge is 2.21. The second kappa shape index (κ2) is 6.51. The number of nitrogens with two attached hydrogens (primary N) is 2. The van der Waals surface area contributed by atoms with E-state index < -0.39 is 0 Å². The number of carbonyl (C=O) groups is 1. The third-order valence-electron chi connectivity index (χ3n) is 2.79. The van der Waals surface area contributed by atoms with Gasteiger partial charge in [-0.25, -0.2) is 5.84 Å². The van der Waals surface area contributed by atoms with Gasteiger partial charge in [0, 0.05) is 21.8 Å². The lowest BCUT2D eigenvalue weighted by Crippen LogP contribution is -2.38. The monoisotopic (exact) mass is 269 g/mol. The molecule has 0 bridgehead atoms. The molecule has 0 aromatic heterocycles. The normalized spacial score (nSPS) is 13.8. The Kier molecular flexibility index (Phi) is 5.30. The van der Waals surface area contributed by atoms with E-state index in [2.05, 4.69) is 5.43 Å². The second-order valence-corrected chi connectivity index (χ2v) is 5.44. The zero-order valence-electron chi connectivity index (χ0n) is 10.8. The van der Waals surface area contributed by atoms with Crippen molar-refractivity contribution < 1.29 is 9.53 Å². The maximum absolute atomic E-state index is 11.4. The summed E-state index contributed by atoms with van der Waals surface area (Å²) in [5.41, 5.74) is 8.73. The molecule has 5 nitrogen and oxygen atoms in total. The van der Waals surface area contributed by atoms with E-state index in [0.717, 1.165) is 10.6 Å². The van der Waals surface area contributed by atoms with Gasteiger partial charge < -0.3 is 10.5 Å². The van der Waals surface area contributed by atoms with Crippen LogP contribution in [0.4, 0.5) is 5.69 Å². The molecule has 2 unspecified atom stereocenters. The van der Waals surface area contributed by atoms with Gasteiger partial charge >= 0.3 is 0 Å². The van der Waals surface area contributed by atoms with E-state index in [0.29, 0.717) is 5.69 Å². The molecule has 18 heavy (non-hydrogen) atoms. The SMILES string of the molecule is COc1ccc(N)c(SC(C)C(C)C(=O)NN)c1. The van der Waals surface area contributed by atoms with Gasteiger partial charge in [0.1, 0.15) is 5.75 Å². The highest BCUT2D eigenvalue weighted by molar-refractivity contribution is 8.00. The summed E-state index contributed by atoms with van der Waals surface area (Å²) in [4.78, 5) is 12.3. The smallest absolute Gasteiger partial charge is 0.237 e. The lowest BCUT2D eigenvalue weighted by atomic mass is 10.1. The van der Waals surface area contributed by atoms with Crippen LogP contribution >= 0.6 is 11.8 Å². The zero-order chi connectivity index (χ0) is 13.7. The highest BCUT2D eigenvalue weighted by atomic mass is 32.2. The molecule has 1 rings (SSSR count). The van der Waals surface area contributed by atoms with Crippen LogP contribution in [0.25, 0.3) is 0 Å². The fourth-order valence-electron chi connectivity index (χ4n) is 1.39. The summed E-state index contributed by atoms with van der Waals surface area (Å²) in [6.07, 6.45) is 0. The van der Waals surface area contributed by atoms with E-state index in [-0.39, 0.29) is 17.1 Å². The standard InChI is InChI=1S/C12H19N3O2S/c1-7(12(16)15-14)8(2)18-11-6-9(17-3)4-5-10(11)13/h4-8H,13-14H2,1-3H3,(H,15,16). The highest BCUT2D eigenvalue weighted by Crippen LogP contribution is 2.34. The predicted octanol–water partition coefficient (Wildman–Crippen LogP) is 1.38. The summed E-state index contributed by atoms with van der Waals surface area (Å²) < 4.78 is 5.15. The van der Waals surface area contributed by atoms with E-state index in [1.54, 1.807) is 19.2 Å². The summed E-state index contributed by atoms with van der Waals surface area (Å²) in [6, 6.07) is 5.46. The average Bonchev–Trinajstić information content (AvgIpc) is 2.39. The van der Waals surface area contributed by atoms with Crippen LogP contribution < -0.4 is 21.7 Å². The quantitative estimate of drug-likeness (QED) is 0.247. The van der Waals surface area contributed by atoms with Gasteiger partial charge in [-0.15, -0.1) is 11.8 Å². The molecule has 0 aliphatic heterocycles. The lowest BCUT2D eigenvalue weighted by molar-refractivity contribution is -0.124. The van der Waals surface area contributed by atoms with Crippen molar-refractivity contribution >= 4 is 23.4 Å². The maximum Gasteiger partial charge on any atom is 0.237 e. The first-order valence-corrected chi connectivity index (χ1v) is 6.48. The minimum Gasteiger partial charge on any atom is -0.497 e. The van der Waals surface area contributed by atoms with Crippen LogP contribution in [0.3, 0.4) is 0 Å². The van der Waals surface area contributed by atoms with E-state index in [1.807, 2.05) is 19.9 Å². The molecule has 0 heterocycles. The third kappa shape index (κ3) is 3.54. The molecule has 5 N–H and O–H groups in total. The average molecular weight is 269 g/mol. The zero-order valence-corrected chi connectivity index (χ0v) is 11.6. The fourth-order valence-corrected chi connectivity index (χ4v) is 2.51. The van der Waals surface area contributed by atoms with Crippen molar-refractivity contribution in [3.05, 3.63) is 18.2 Å². The van der Waals surface area contributed by atoms with Crippen LogP contribution in [-0.2, 0) is 4.79 Å². The summed E-state index contributed by atoms with van der Waals surface area (Å²) in [5, 5.41) is 0.0583. The topological polar surface area (TPSA) is 90.4 Å². The van der Waals surface area contributed by atoms with Gasteiger partial charge in [0.2, 0.25) is 5.91 Å². The van der Waals surface area contributed by atoms with Crippen LogP contribution in [0.1, 0.15) is 13.8 Å². The molecule has 0 radical (unpaired) electrons. The summed E-state index contributed by atoms with van der Waals surface area (Å²) in [6.45, 7) is 3.79. The van der Waals surface area contributed by atoms with Gasteiger partial charge in [-0.2, -0.15) is 0 Å². The number of ether oxygens (including phenoxy) is 1. The molecule has 1 amide bonds. The molecule has 1 aromatic rings. The number of nitrogens with one attached hydrogen (secondary N) is 1. The number of methoxy groups -OCH3 is 1. The van der Waals surface area contributed by atoms with E-state index in [1.165, 1.54) is 11.8 Å². The Hall–Kier alpha value is -1.40. The van der Waals surface area contributed by atoms with Gasteiger partial charge in [0.25, 0.3) is 0 Å². The summed E-state index contributed by atoms with van der Waals surface area (Å²) >= 11 is 1.53. The number of hydrogen-bond acceptors (Lipinski definition) is 5. The van der Waals surface area contributed by atoms with Crippen LogP contribution in [-0.4, -0.2) is 18.3 Å². The molecule has 1 aromatic carbocycles. The number of hydrazine groups is 1. The first-order valence-electron chi connectivity index (χ1n) is 5.60. The van der Waals surface area contributed by atoms with Crippen molar-refractivity contribution in [1.29, 1.82) is 0 Å². The van der Waals surface area contributed by atoms with Gasteiger partial charge in [0.15, 0.2) is 0 Å². The Morgan fingerprint density at radius 1 is 1.44 bits per heavy atom. The molecule has 2 atom stereocenters. The number of benzene rings is 1. The van der Waals surface area contributed by atoms with Crippen molar-refractivity contribution in [2.75, 3.05) is 12.8 Å². The van der Waals surface area contributed by atoms with Gasteiger partial charge in [-0.3, -0.25) is 10.2 Å². The van der Waals surface area contributed by atoms with Crippen molar-refractivity contribution in [1.82, 2.24) is 5.43 Å². The van der Waals surface area contributed by atoms with E-state index in [4.69, 9.17) is 16.3 Å². The number of amides is 1. The lowest BCUT2D eigenvalue weighted by Gasteiger charge is -2.19.